The molecule has 0 atom stereocenters. The number of nitrogens with zero attached hydrogens (tertiary/aromatic N) is 4. The second kappa shape index (κ2) is 5.98. The minimum atomic E-state index is 0.0157. The van der Waals surface area contributed by atoms with E-state index < -0.39 is 0 Å². The van der Waals surface area contributed by atoms with Crippen molar-refractivity contribution in [2.24, 2.45) is 0 Å². The van der Waals surface area contributed by atoms with E-state index in [0.717, 1.165) is 25.8 Å². The molecule has 0 spiro atoms. The van der Waals surface area contributed by atoms with E-state index in [1.165, 1.54) is 30.8 Å². The summed E-state index contributed by atoms with van der Waals surface area (Å²) in [6, 6.07) is 0. The number of hydrogen-bond donors (Lipinski definition) is 0. The van der Waals surface area contributed by atoms with Gasteiger partial charge in [0.2, 0.25) is 0 Å². The molecule has 1 aliphatic rings. The van der Waals surface area contributed by atoms with Gasteiger partial charge in [-0.2, -0.15) is 0 Å². The maximum Gasteiger partial charge on any atom is 0.151 e. The van der Waals surface area contributed by atoms with Gasteiger partial charge in [-0.05, 0) is 59.8 Å². The van der Waals surface area contributed by atoms with Gasteiger partial charge in [-0.3, -0.25) is 0 Å². The largest absolute Gasteiger partial charge is 0.350 e. The van der Waals surface area contributed by atoms with E-state index in [2.05, 4.69) is 61.4 Å². The fourth-order valence-corrected chi connectivity index (χ4v) is 2.92. The molecule has 1 aromatic heterocycles. The topological polar surface area (TPSA) is 34.0 Å². The summed E-state index contributed by atoms with van der Waals surface area (Å²) in [5.41, 5.74) is 1.36. The van der Waals surface area contributed by atoms with Gasteiger partial charge in [-0.25, -0.2) is 4.68 Å². The van der Waals surface area contributed by atoms with Crippen molar-refractivity contribution in [3.8, 4) is 0 Å². The van der Waals surface area contributed by atoms with Crippen molar-refractivity contribution in [3.63, 3.8) is 0 Å². The molecule has 1 aromatic rings. The first kappa shape index (κ1) is 16.3. The van der Waals surface area contributed by atoms with E-state index in [0.29, 0.717) is 0 Å². The lowest BCUT2D eigenvalue weighted by Crippen LogP contribution is -2.47. The van der Waals surface area contributed by atoms with E-state index in [9.17, 15) is 0 Å². The second-order valence-corrected chi connectivity index (χ2v) is 7.57. The number of hydrogen-bond acceptors (Lipinski definition) is 3. The van der Waals surface area contributed by atoms with E-state index in [1.54, 1.807) is 0 Å². The summed E-state index contributed by atoms with van der Waals surface area (Å²) in [6.45, 7) is 14.8. The van der Waals surface area contributed by atoms with Crippen molar-refractivity contribution in [2.75, 3.05) is 11.4 Å². The molecule has 0 saturated carbocycles. The number of rotatable bonds is 4. The average molecular weight is 292 g/mol. The zero-order valence-electron chi connectivity index (χ0n) is 14.7. The fraction of sp³-hybridized carbons (Fsp3) is 0.882. The third-order valence-electron chi connectivity index (χ3n) is 5.30. The van der Waals surface area contributed by atoms with Crippen molar-refractivity contribution in [3.05, 3.63) is 5.69 Å². The normalized spacial score (nSPS) is 17.3. The highest BCUT2D eigenvalue weighted by Gasteiger charge is 2.34. The van der Waals surface area contributed by atoms with Gasteiger partial charge in [0.05, 0.1) is 5.54 Å². The molecule has 0 aromatic carbocycles. The molecular formula is C17H32N4. The first-order chi connectivity index (χ1) is 9.83. The van der Waals surface area contributed by atoms with Crippen LogP contribution in [0.15, 0.2) is 0 Å². The molecule has 0 radical (unpaired) electrons. The Morgan fingerprint density at radius 2 is 1.62 bits per heavy atom. The van der Waals surface area contributed by atoms with E-state index in [1.807, 2.05) is 0 Å². The number of aromatic nitrogens is 3. The Labute approximate surface area is 129 Å². The molecule has 120 valence electrons. The average Bonchev–Trinajstić information content (AvgIpc) is 2.82. The molecule has 2 heterocycles. The van der Waals surface area contributed by atoms with Crippen LogP contribution in [0.3, 0.4) is 0 Å². The quantitative estimate of drug-likeness (QED) is 0.836. The number of aryl methyl sites for hydroxylation is 1. The first-order valence-corrected chi connectivity index (χ1v) is 8.56. The summed E-state index contributed by atoms with van der Waals surface area (Å²) in [6.07, 6.45) is 7.04. The first-order valence-electron chi connectivity index (χ1n) is 8.56. The highest BCUT2D eigenvalue weighted by molar-refractivity contribution is 5.48. The van der Waals surface area contributed by atoms with Gasteiger partial charge in [0.1, 0.15) is 5.69 Å². The van der Waals surface area contributed by atoms with Crippen LogP contribution in [0.25, 0.3) is 0 Å². The van der Waals surface area contributed by atoms with Crippen LogP contribution in [0, 0.1) is 0 Å². The summed E-state index contributed by atoms with van der Waals surface area (Å²) in [5.74, 6) is 1.27. The Kier molecular flexibility index (Phi) is 4.64. The van der Waals surface area contributed by atoms with Gasteiger partial charge < -0.3 is 4.90 Å². The zero-order chi connectivity index (χ0) is 15.7. The smallest absolute Gasteiger partial charge is 0.151 e. The summed E-state index contributed by atoms with van der Waals surface area (Å²) in [4.78, 5) is 2.57. The SMILES string of the molecule is CCC(C)(C)N1CCCCCc2nnn(C(C)(C)CC)c21. The molecule has 0 fully saturated rings. The van der Waals surface area contributed by atoms with Crippen molar-refractivity contribution < 1.29 is 0 Å². The summed E-state index contributed by atoms with van der Waals surface area (Å²) in [5, 5.41) is 9.09. The Balaban J connectivity index is 2.55. The van der Waals surface area contributed by atoms with Gasteiger partial charge >= 0.3 is 0 Å². The lowest BCUT2D eigenvalue weighted by atomic mass is 9.95. The molecule has 4 heteroatoms. The van der Waals surface area contributed by atoms with Crippen LogP contribution in [0.1, 0.15) is 79.3 Å². The van der Waals surface area contributed by atoms with Crippen LogP contribution in [0.2, 0.25) is 0 Å². The molecule has 0 N–H and O–H groups in total. The number of anilines is 1. The van der Waals surface area contributed by atoms with Crippen molar-refractivity contribution >= 4 is 5.82 Å². The Morgan fingerprint density at radius 1 is 0.952 bits per heavy atom. The van der Waals surface area contributed by atoms with Crippen molar-refractivity contribution in [1.82, 2.24) is 15.0 Å². The maximum absolute atomic E-state index is 4.55. The Hall–Kier alpha value is -1.06. The maximum atomic E-state index is 4.55. The van der Waals surface area contributed by atoms with Crippen LogP contribution >= 0.6 is 0 Å². The van der Waals surface area contributed by atoms with Crippen LogP contribution < -0.4 is 4.90 Å². The zero-order valence-corrected chi connectivity index (χ0v) is 14.7. The van der Waals surface area contributed by atoms with Crippen LogP contribution in [-0.2, 0) is 12.0 Å². The third-order valence-corrected chi connectivity index (χ3v) is 5.30. The van der Waals surface area contributed by atoms with Gasteiger partial charge in [0.25, 0.3) is 0 Å². The predicted molar refractivity (Wildman–Crippen MR) is 88.9 cm³/mol. The molecule has 2 rings (SSSR count). The minimum Gasteiger partial charge on any atom is -0.350 e. The van der Waals surface area contributed by atoms with E-state index in [4.69, 9.17) is 0 Å². The van der Waals surface area contributed by atoms with Crippen LogP contribution in [-0.4, -0.2) is 27.1 Å². The molecule has 21 heavy (non-hydrogen) atoms. The molecule has 0 bridgehead atoms. The highest BCUT2D eigenvalue weighted by Crippen LogP contribution is 2.35. The predicted octanol–water partition coefficient (Wildman–Crippen LogP) is 4.14. The van der Waals surface area contributed by atoms with Crippen LogP contribution in [0.4, 0.5) is 5.82 Å². The van der Waals surface area contributed by atoms with Crippen LogP contribution in [0.5, 0.6) is 0 Å². The van der Waals surface area contributed by atoms with Gasteiger partial charge in [-0.15, -0.1) is 5.10 Å². The van der Waals surface area contributed by atoms with Gasteiger partial charge in [-0.1, -0.05) is 25.5 Å². The third kappa shape index (κ3) is 3.09. The molecular weight excluding hydrogens is 260 g/mol. The van der Waals surface area contributed by atoms with Gasteiger partial charge in [0.15, 0.2) is 5.82 Å². The standard InChI is InChI=1S/C17H32N4/c1-7-16(3,4)20-13-11-9-10-12-14-15(20)21(19-18-14)17(5,6)8-2/h7-13H2,1-6H3. The molecule has 0 amide bonds. The van der Waals surface area contributed by atoms with E-state index in [-0.39, 0.29) is 11.1 Å². The highest BCUT2D eigenvalue weighted by atomic mass is 15.5. The molecule has 0 saturated heterocycles. The molecule has 4 nitrogen and oxygen atoms in total. The summed E-state index contributed by atoms with van der Waals surface area (Å²) < 4.78 is 2.19. The molecule has 1 aliphatic heterocycles. The summed E-state index contributed by atoms with van der Waals surface area (Å²) in [7, 11) is 0. The van der Waals surface area contributed by atoms with Crippen molar-refractivity contribution in [2.45, 2.75) is 91.1 Å². The van der Waals surface area contributed by atoms with E-state index >= 15 is 0 Å². The monoisotopic (exact) mass is 292 g/mol. The number of fused-ring (bicyclic) bond motifs is 1. The van der Waals surface area contributed by atoms with Crippen molar-refractivity contribution in [1.29, 1.82) is 0 Å². The summed E-state index contributed by atoms with van der Waals surface area (Å²) >= 11 is 0. The lowest BCUT2D eigenvalue weighted by Gasteiger charge is -2.42. The molecule has 0 unspecified atom stereocenters. The molecule has 0 aliphatic carbocycles. The Bertz CT molecular complexity index is 473. The second-order valence-electron chi connectivity index (χ2n) is 7.57. The fourth-order valence-electron chi connectivity index (χ4n) is 2.92. The lowest BCUT2D eigenvalue weighted by molar-refractivity contribution is 0.294. The van der Waals surface area contributed by atoms with Gasteiger partial charge in [0, 0.05) is 12.1 Å². The minimum absolute atomic E-state index is 0.0157. The Morgan fingerprint density at radius 3 is 2.24 bits per heavy atom.